The molecule has 1 amide bonds. The highest BCUT2D eigenvalue weighted by Gasteiger charge is 2.04. The second-order valence-electron chi connectivity index (χ2n) is 4.90. The molecule has 0 saturated carbocycles. The molecule has 3 N–H and O–H groups in total. The zero-order chi connectivity index (χ0) is 15.4. The number of carbonyl (C=O) groups excluding carboxylic acids is 1. The van der Waals surface area contributed by atoms with Gasteiger partial charge in [0.2, 0.25) is 5.91 Å². The Morgan fingerprint density at radius 2 is 1.68 bits per heavy atom. The zero-order valence-corrected chi connectivity index (χ0v) is 11.9. The Morgan fingerprint density at radius 1 is 0.864 bits per heavy atom. The van der Waals surface area contributed by atoms with Gasteiger partial charge in [-0.1, -0.05) is 30.3 Å². The number of pyridine rings is 1. The fourth-order valence-corrected chi connectivity index (χ4v) is 2.21. The molecule has 0 aliphatic carbocycles. The molecular weight excluding hydrogens is 274 g/mol. The van der Waals surface area contributed by atoms with Crippen molar-refractivity contribution in [2.45, 2.75) is 0 Å². The van der Waals surface area contributed by atoms with Crippen LogP contribution in [0.25, 0.3) is 11.1 Å². The summed E-state index contributed by atoms with van der Waals surface area (Å²) in [5.74, 6) is -0.437. The van der Waals surface area contributed by atoms with Gasteiger partial charge in [-0.2, -0.15) is 0 Å². The van der Waals surface area contributed by atoms with Crippen LogP contribution in [0.15, 0.2) is 73.1 Å². The van der Waals surface area contributed by atoms with Crippen molar-refractivity contribution in [2.75, 3.05) is 5.32 Å². The van der Waals surface area contributed by atoms with Crippen LogP contribution in [0.5, 0.6) is 0 Å². The summed E-state index contributed by atoms with van der Waals surface area (Å²) in [7, 11) is 0. The van der Waals surface area contributed by atoms with E-state index >= 15 is 0 Å². The molecule has 0 saturated heterocycles. The van der Waals surface area contributed by atoms with Crippen molar-refractivity contribution in [1.29, 1.82) is 0 Å². The molecule has 1 heterocycles. The van der Waals surface area contributed by atoms with Crippen LogP contribution in [0.1, 0.15) is 10.4 Å². The monoisotopic (exact) mass is 289 g/mol. The lowest BCUT2D eigenvalue weighted by molar-refractivity contribution is 0.100. The third-order valence-corrected chi connectivity index (χ3v) is 3.28. The summed E-state index contributed by atoms with van der Waals surface area (Å²) >= 11 is 0. The molecule has 0 fully saturated rings. The third kappa shape index (κ3) is 3.12. The highest BCUT2D eigenvalue weighted by Crippen LogP contribution is 2.24. The zero-order valence-electron chi connectivity index (χ0n) is 11.9. The summed E-state index contributed by atoms with van der Waals surface area (Å²) in [6, 6.07) is 19.1. The van der Waals surface area contributed by atoms with Crippen molar-refractivity contribution in [3.8, 4) is 11.1 Å². The molecule has 0 bridgehead atoms. The number of nitrogens with two attached hydrogens (primary N) is 1. The molecule has 4 nitrogen and oxygen atoms in total. The molecule has 0 radical (unpaired) electrons. The average molecular weight is 289 g/mol. The van der Waals surface area contributed by atoms with Gasteiger partial charge in [-0.25, -0.2) is 0 Å². The van der Waals surface area contributed by atoms with Gasteiger partial charge in [0.25, 0.3) is 0 Å². The summed E-state index contributed by atoms with van der Waals surface area (Å²) < 4.78 is 0. The Kier molecular flexibility index (Phi) is 3.83. The highest BCUT2D eigenvalue weighted by molar-refractivity contribution is 5.94. The minimum Gasteiger partial charge on any atom is -0.366 e. The van der Waals surface area contributed by atoms with E-state index in [1.165, 1.54) is 0 Å². The number of amides is 1. The molecule has 0 spiro atoms. The Morgan fingerprint density at radius 3 is 2.45 bits per heavy atom. The minimum atomic E-state index is -0.437. The predicted octanol–water partition coefficient (Wildman–Crippen LogP) is 3.59. The Labute approximate surface area is 128 Å². The number of anilines is 2. The Hall–Kier alpha value is -3.14. The molecule has 0 atom stereocenters. The normalized spacial score (nSPS) is 10.2. The van der Waals surface area contributed by atoms with Gasteiger partial charge in [0.15, 0.2) is 0 Å². The first-order valence-corrected chi connectivity index (χ1v) is 6.90. The van der Waals surface area contributed by atoms with Crippen molar-refractivity contribution in [1.82, 2.24) is 4.98 Å². The lowest BCUT2D eigenvalue weighted by Gasteiger charge is -2.08. The van der Waals surface area contributed by atoms with Crippen molar-refractivity contribution in [2.24, 2.45) is 5.73 Å². The van der Waals surface area contributed by atoms with E-state index in [1.807, 2.05) is 48.5 Å². The SMILES string of the molecule is NC(=O)c1cccc(-c2cncc(Nc3ccccc3)c2)c1. The van der Waals surface area contributed by atoms with Crippen LogP contribution in [0.2, 0.25) is 0 Å². The number of primary amides is 1. The fraction of sp³-hybridized carbons (Fsp3) is 0. The summed E-state index contributed by atoms with van der Waals surface area (Å²) in [6.45, 7) is 0. The lowest BCUT2D eigenvalue weighted by Crippen LogP contribution is -2.10. The number of nitrogens with zero attached hydrogens (tertiary/aromatic N) is 1. The van der Waals surface area contributed by atoms with E-state index in [4.69, 9.17) is 5.73 Å². The fourth-order valence-electron chi connectivity index (χ4n) is 2.21. The average Bonchev–Trinajstić information content (AvgIpc) is 2.56. The maximum atomic E-state index is 11.3. The van der Waals surface area contributed by atoms with Gasteiger partial charge in [-0.3, -0.25) is 9.78 Å². The van der Waals surface area contributed by atoms with Crippen molar-refractivity contribution < 1.29 is 4.79 Å². The summed E-state index contributed by atoms with van der Waals surface area (Å²) in [4.78, 5) is 15.5. The molecule has 108 valence electrons. The van der Waals surface area contributed by atoms with Gasteiger partial charge in [-0.05, 0) is 35.9 Å². The van der Waals surface area contributed by atoms with Crippen LogP contribution in [-0.4, -0.2) is 10.9 Å². The van der Waals surface area contributed by atoms with Crippen LogP contribution >= 0.6 is 0 Å². The first kappa shape index (κ1) is 13.8. The van der Waals surface area contributed by atoms with Crippen LogP contribution in [-0.2, 0) is 0 Å². The van der Waals surface area contributed by atoms with E-state index in [9.17, 15) is 4.79 Å². The number of hydrogen-bond donors (Lipinski definition) is 2. The number of nitrogens with one attached hydrogen (secondary N) is 1. The molecule has 3 rings (SSSR count). The smallest absolute Gasteiger partial charge is 0.248 e. The number of rotatable bonds is 4. The summed E-state index contributed by atoms with van der Waals surface area (Å²) in [5, 5.41) is 3.30. The number of carbonyl (C=O) groups is 1. The van der Waals surface area contributed by atoms with E-state index in [0.717, 1.165) is 22.5 Å². The van der Waals surface area contributed by atoms with E-state index in [-0.39, 0.29) is 0 Å². The number of para-hydroxylation sites is 1. The van der Waals surface area contributed by atoms with Gasteiger partial charge in [-0.15, -0.1) is 0 Å². The molecule has 0 unspecified atom stereocenters. The van der Waals surface area contributed by atoms with E-state index in [2.05, 4.69) is 10.3 Å². The first-order chi connectivity index (χ1) is 10.7. The second kappa shape index (κ2) is 6.10. The van der Waals surface area contributed by atoms with Gasteiger partial charge >= 0.3 is 0 Å². The van der Waals surface area contributed by atoms with Gasteiger partial charge in [0.1, 0.15) is 0 Å². The Balaban J connectivity index is 1.91. The standard InChI is InChI=1S/C18H15N3O/c19-18(22)14-6-4-5-13(9-14)15-10-17(12-20-11-15)21-16-7-2-1-3-8-16/h1-12,21H,(H2,19,22). The molecule has 3 aromatic rings. The molecule has 2 aromatic carbocycles. The second-order valence-corrected chi connectivity index (χ2v) is 4.90. The maximum absolute atomic E-state index is 11.3. The van der Waals surface area contributed by atoms with Crippen molar-refractivity contribution in [3.05, 3.63) is 78.6 Å². The van der Waals surface area contributed by atoms with Crippen molar-refractivity contribution in [3.63, 3.8) is 0 Å². The maximum Gasteiger partial charge on any atom is 0.248 e. The Bertz CT molecular complexity index is 800. The molecule has 0 aliphatic rings. The number of hydrogen-bond acceptors (Lipinski definition) is 3. The minimum absolute atomic E-state index is 0.437. The van der Waals surface area contributed by atoms with E-state index in [0.29, 0.717) is 5.56 Å². The quantitative estimate of drug-likeness (QED) is 0.771. The van der Waals surface area contributed by atoms with Gasteiger partial charge in [0.05, 0.1) is 11.9 Å². The third-order valence-electron chi connectivity index (χ3n) is 3.28. The van der Waals surface area contributed by atoms with Gasteiger partial charge < -0.3 is 11.1 Å². The summed E-state index contributed by atoms with van der Waals surface area (Å²) in [6.07, 6.45) is 3.52. The summed E-state index contributed by atoms with van der Waals surface area (Å²) in [5.41, 5.74) is 9.51. The highest BCUT2D eigenvalue weighted by atomic mass is 16.1. The predicted molar refractivity (Wildman–Crippen MR) is 87.9 cm³/mol. The number of benzene rings is 2. The topological polar surface area (TPSA) is 68.0 Å². The molecule has 1 aromatic heterocycles. The van der Waals surface area contributed by atoms with Crippen LogP contribution < -0.4 is 11.1 Å². The van der Waals surface area contributed by atoms with Crippen LogP contribution in [0.4, 0.5) is 11.4 Å². The van der Waals surface area contributed by atoms with Crippen molar-refractivity contribution >= 4 is 17.3 Å². The van der Waals surface area contributed by atoms with E-state index < -0.39 is 5.91 Å². The molecule has 0 aliphatic heterocycles. The first-order valence-electron chi connectivity index (χ1n) is 6.90. The largest absolute Gasteiger partial charge is 0.366 e. The van der Waals surface area contributed by atoms with Gasteiger partial charge in [0, 0.05) is 23.0 Å². The number of aromatic nitrogens is 1. The molecular formula is C18H15N3O. The molecule has 4 heteroatoms. The van der Waals surface area contributed by atoms with E-state index in [1.54, 1.807) is 24.5 Å². The van der Waals surface area contributed by atoms with Crippen LogP contribution in [0, 0.1) is 0 Å². The lowest BCUT2D eigenvalue weighted by atomic mass is 10.0. The molecule has 22 heavy (non-hydrogen) atoms. The van der Waals surface area contributed by atoms with Crippen LogP contribution in [0.3, 0.4) is 0 Å².